The van der Waals surface area contributed by atoms with Crippen LogP contribution in [0.3, 0.4) is 0 Å². The molecule has 1 aromatic heterocycles. The summed E-state index contributed by atoms with van der Waals surface area (Å²) in [6.07, 6.45) is 3.85. The molecule has 146 valence electrons. The number of anilines is 1. The Balaban J connectivity index is 1.44. The second-order valence-electron chi connectivity index (χ2n) is 6.96. The van der Waals surface area contributed by atoms with Gasteiger partial charge in [0.15, 0.2) is 0 Å². The maximum absolute atomic E-state index is 12.9. The smallest absolute Gasteiger partial charge is 0.282 e. The van der Waals surface area contributed by atoms with Crippen molar-refractivity contribution >= 4 is 26.7 Å². The quantitative estimate of drug-likeness (QED) is 0.779. The summed E-state index contributed by atoms with van der Waals surface area (Å²) in [6.45, 7) is 3.82. The Kier molecular flexibility index (Phi) is 5.72. The standard InChI is InChI=1S/C18H25N5O2S2/c24-27(25,22-11-5-2-6-12-22)23-13-7-10-21(14-15-23)18-20-19-17(26-18)16-8-3-1-4-9-16/h1,3-4,8-9H,2,5-7,10-15H2. The lowest BCUT2D eigenvalue weighted by Crippen LogP contribution is -2.47. The average molecular weight is 408 g/mol. The lowest BCUT2D eigenvalue weighted by molar-refractivity contribution is 0.307. The monoisotopic (exact) mass is 407 g/mol. The van der Waals surface area contributed by atoms with Gasteiger partial charge < -0.3 is 4.90 Å². The van der Waals surface area contributed by atoms with E-state index in [1.54, 1.807) is 19.9 Å². The fourth-order valence-corrected chi connectivity index (χ4v) is 6.24. The topological polar surface area (TPSA) is 69.6 Å². The first kappa shape index (κ1) is 18.8. The van der Waals surface area contributed by atoms with Gasteiger partial charge in [-0.2, -0.15) is 17.0 Å². The molecule has 2 aliphatic heterocycles. The highest BCUT2D eigenvalue weighted by Crippen LogP contribution is 2.29. The fourth-order valence-electron chi connectivity index (χ4n) is 3.62. The molecule has 2 saturated heterocycles. The van der Waals surface area contributed by atoms with Crippen molar-refractivity contribution in [3.8, 4) is 10.6 Å². The Morgan fingerprint density at radius 1 is 0.778 bits per heavy atom. The van der Waals surface area contributed by atoms with Gasteiger partial charge in [0.2, 0.25) is 5.13 Å². The summed E-state index contributed by atoms with van der Waals surface area (Å²) >= 11 is 1.56. The highest BCUT2D eigenvalue weighted by atomic mass is 32.2. The van der Waals surface area contributed by atoms with Crippen molar-refractivity contribution in [1.82, 2.24) is 18.8 Å². The fraction of sp³-hybridized carbons (Fsp3) is 0.556. The number of benzene rings is 1. The van der Waals surface area contributed by atoms with Gasteiger partial charge in [0, 0.05) is 44.8 Å². The molecule has 7 nitrogen and oxygen atoms in total. The van der Waals surface area contributed by atoms with E-state index in [0.29, 0.717) is 32.7 Å². The van der Waals surface area contributed by atoms with E-state index in [4.69, 9.17) is 0 Å². The number of hydrogen-bond donors (Lipinski definition) is 0. The van der Waals surface area contributed by atoms with Crippen LogP contribution in [0.2, 0.25) is 0 Å². The molecule has 0 radical (unpaired) electrons. The lowest BCUT2D eigenvalue weighted by Gasteiger charge is -2.31. The zero-order valence-electron chi connectivity index (χ0n) is 15.3. The minimum absolute atomic E-state index is 0.499. The maximum atomic E-state index is 12.9. The molecule has 4 rings (SSSR count). The molecular weight excluding hydrogens is 382 g/mol. The van der Waals surface area contributed by atoms with Gasteiger partial charge in [-0.1, -0.05) is 48.1 Å². The van der Waals surface area contributed by atoms with E-state index < -0.39 is 10.2 Å². The number of rotatable bonds is 4. The maximum Gasteiger partial charge on any atom is 0.282 e. The third-order valence-electron chi connectivity index (χ3n) is 5.13. The zero-order valence-corrected chi connectivity index (χ0v) is 17.0. The number of nitrogens with zero attached hydrogens (tertiary/aromatic N) is 5. The Morgan fingerprint density at radius 2 is 1.48 bits per heavy atom. The van der Waals surface area contributed by atoms with Crippen LogP contribution in [0.25, 0.3) is 10.6 Å². The van der Waals surface area contributed by atoms with Crippen LogP contribution < -0.4 is 4.90 Å². The van der Waals surface area contributed by atoms with Crippen LogP contribution in [0.5, 0.6) is 0 Å². The normalized spacial score (nSPS) is 20.5. The third-order valence-corrected chi connectivity index (χ3v) is 8.20. The van der Waals surface area contributed by atoms with Crippen LogP contribution in [0.1, 0.15) is 25.7 Å². The second kappa shape index (κ2) is 8.22. The van der Waals surface area contributed by atoms with Crippen LogP contribution in [0.4, 0.5) is 5.13 Å². The predicted octanol–water partition coefficient (Wildman–Crippen LogP) is 2.45. The summed E-state index contributed by atoms with van der Waals surface area (Å²) < 4.78 is 29.2. The second-order valence-corrected chi connectivity index (χ2v) is 9.85. The van der Waals surface area contributed by atoms with Crippen molar-refractivity contribution in [3.05, 3.63) is 30.3 Å². The molecule has 9 heteroatoms. The SMILES string of the molecule is O=S(=O)(N1CCCCC1)N1CCCN(c2nnc(-c3ccccc3)s2)CC1. The van der Waals surface area contributed by atoms with E-state index in [9.17, 15) is 8.42 Å². The van der Waals surface area contributed by atoms with Crippen molar-refractivity contribution in [2.75, 3.05) is 44.2 Å². The number of piperidine rings is 1. The molecule has 3 heterocycles. The van der Waals surface area contributed by atoms with E-state index in [2.05, 4.69) is 15.1 Å². The molecule has 0 bridgehead atoms. The van der Waals surface area contributed by atoms with Crippen molar-refractivity contribution in [3.63, 3.8) is 0 Å². The highest BCUT2D eigenvalue weighted by molar-refractivity contribution is 7.86. The first-order valence-corrected chi connectivity index (χ1v) is 11.7. The largest absolute Gasteiger partial charge is 0.345 e. The van der Waals surface area contributed by atoms with E-state index in [0.717, 1.165) is 47.9 Å². The lowest BCUT2D eigenvalue weighted by atomic mass is 10.2. The van der Waals surface area contributed by atoms with Crippen LogP contribution >= 0.6 is 11.3 Å². The third kappa shape index (κ3) is 4.16. The summed E-state index contributed by atoms with van der Waals surface area (Å²) in [5.74, 6) is 0. The van der Waals surface area contributed by atoms with Crippen molar-refractivity contribution < 1.29 is 8.42 Å². The molecule has 0 unspecified atom stereocenters. The zero-order chi connectivity index (χ0) is 18.7. The van der Waals surface area contributed by atoms with Gasteiger partial charge in [-0.15, -0.1) is 10.2 Å². The molecule has 0 amide bonds. The number of aromatic nitrogens is 2. The molecule has 2 aromatic rings. The molecule has 1 aromatic carbocycles. The molecule has 27 heavy (non-hydrogen) atoms. The van der Waals surface area contributed by atoms with Crippen LogP contribution in [0.15, 0.2) is 30.3 Å². The predicted molar refractivity (Wildman–Crippen MR) is 108 cm³/mol. The van der Waals surface area contributed by atoms with Gasteiger partial charge in [0.05, 0.1) is 0 Å². The molecule has 2 aliphatic rings. The molecule has 0 spiro atoms. The minimum Gasteiger partial charge on any atom is -0.345 e. The minimum atomic E-state index is -3.34. The van der Waals surface area contributed by atoms with E-state index in [1.165, 1.54) is 0 Å². The summed E-state index contributed by atoms with van der Waals surface area (Å²) in [5, 5.41) is 10.4. The Hall–Kier alpha value is -1.55. The molecule has 0 aliphatic carbocycles. The van der Waals surface area contributed by atoms with E-state index in [1.807, 2.05) is 30.3 Å². The summed E-state index contributed by atoms with van der Waals surface area (Å²) in [7, 11) is -3.34. The van der Waals surface area contributed by atoms with E-state index in [-0.39, 0.29) is 0 Å². The molecule has 0 saturated carbocycles. The Bertz CT molecular complexity index is 850. The molecule has 2 fully saturated rings. The van der Waals surface area contributed by atoms with Crippen LogP contribution in [-0.4, -0.2) is 66.5 Å². The van der Waals surface area contributed by atoms with Gasteiger partial charge in [-0.05, 0) is 19.3 Å². The first-order chi connectivity index (χ1) is 13.1. The molecule has 0 atom stereocenters. The first-order valence-electron chi connectivity index (χ1n) is 9.54. The summed E-state index contributed by atoms with van der Waals surface area (Å²) in [6, 6.07) is 10.0. The summed E-state index contributed by atoms with van der Waals surface area (Å²) in [5.41, 5.74) is 1.06. The van der Waals surface area contributed by atoms with Gasteiger partial charge in [0.1, 0.15) is 5.01 Å². The summed E-state index contributed by atoms with van der Waals surface area (Å²) in [4.78, 5) is 2.16. The Labute approximate surface area is 164 Å². The van der Waals surface area contributed by atoms with Crippen molar-refractivity contribution in [1.29, 1.82) is 0 Å². The van der Waals surface area contributed by atoms with Gasteiger partial charge in [-0.3, -0.25) is 0 Å². The van der Waals surface area contributed by atoms with Crippen molar-refractivity contribution in [2.45, 2.75) is 25.7 Å². The van der Waals surface area contributed by atoms with Crippen LogP contribution in [0, 0.1) is 0 Å². The van der Waals surface area contributed by atoms with Gasteiger partial charge in [0.25, 0.3) is 10.2 Å². The van der Waals surface area contributed by atoms with Gasteiger partial charge >= 0.3 is 0 Å². The molecule has 0 N–H and O–H groups in total. The Morgan fingerprint density at radius 3 is 2.26 bits per heavy atom. The van der Waals surface area contributed by atoms with E-state index >= 15 is 0 Å². The average Bonchev–Trinajstić information content (AvgIpc) is 3.07. The molecular formula is C18H25N5O2S2. The van der Waals surface area contributed by atoms with Crippen LogP contribution in [-0.2, 0) is 10.2 Å². The van der Waals surface area contributed by atoms with Crippen molar-refractivity contribution in [2.24, 2.45) is 0 Å². The number of hydrogen-bond acceptors (Lipinski definition) is 6. The van der Waals surface area contributed by atoms with Gasteiger partial charge in [-0.25, -0.2) is 0 Å². The highest BCUT2D eigenvalue weighted by Gasteiger charge is 2.32.